The van der Waals surface area contributed by atoms with E-state index in [1.165, 1.54) is 57.8 Å². The van der Waals surface area contributed by atoms with Crippen LogP contribution in [0.5, 0.6) is 0 Å². The van der Waals surface area contributed by atoms with E-state index in [0.717, 1.165) is 5.92 Å². The van der Waals surface area contributed by atoms with Crippen molar-refractivity contribution in [2.75, 3.05) is 0 Å². The summed E-state index contributed by atoms with van der Waals surface area (Å²) < 4.78 is 6.89. The molecule has 0 heterocycles. The Morgan fingerprint density at radius 2 is 1.14 bits per heavy atom. The van der Waals surface area contributed by atoms with Crippen LogP contribution < -0.4 is 0 Å². The number of unbranched alkanes of at least 4 members (excludes halogenated alkanes) is 5. The average Bonchev–Trinajstić information content (AvgIpc) is 2.51. The van der Waals surface area contributed by atoms with E-state index >= 15 is 0 Å². The Morgan fingerprint density at radius 1 is 0.727 bits per heavy atom. The van der Waals surface area contributed by atoms with Gasteiger partial charge in [-0.05, 0) is 0 Å². The second kappa shape index (κ2) is 13.9. The number of hydrogen-bond acceptors (Lipinski definition) is 0. The van der Waals surface area contributed by atoms with E-state index in [2.05, 4.69) is 47.6 Å². The van der Waals surface area contributed by atoms with Gasteiger partial charge in [0.25, 0.3) is 0 Å². The molecule has 132 valence electrons. The van der Waals surface area contributed by atoms with Crippen LogP contribution in [-0.2, 0) is 0 Å². The maximum atomic E-state index is 2.74. The topological polar surface area (TPSA) is 0 Å². The molecule has 0 aromatic heterocycles. The van der Waals surface area contributed by atoms with Crippen LogP contribution in [-0.4, -0.2) is 18.4 Å². The van der Waals surface area contributed by atoms with Gasteiger partial charge in [-0.15, -0.1) is 0 Å². The molecule has 1 heteroatoms. The Morgan fingerprint density at radius 3 is 1.45 bits per heavy atom. The second-order valence-corrected chi connectivity index (χ2v) is 20.8. The van der Waals surface area contributed by atoms with Crippen molar-refractivity contribution in [1.82, 2.24) is 0 Å². The molecule has 0 aliphatic carbocycles. The minimum atomic E-state index is -2.13. The molecule has 0 spiro atoms. The fourth-order valence-electron chi connectivity index (χ4n) is 3.88. The quantitative estimate of drug-likeness (QED) is 0.198. The van der Waals surface area contributed by atoms with Crippen LogP contribution in [0.15, 0.2) is 9.67 Å². The molecular weight excluding hydrogens is 371 g/mol. The zero-order valence-electron chi connectivity index (χ0n) is 16.6. The molecule has 0 unspecified atom stereocenters. The van der Waals surface area contributed by atoms with Crippen molar-refractivity contribution in [3.63, 3.8) is 0 Å². The van der Waals surface area contributed by atoms with Crippen LogP contribution in [0.1, 0.15) is 99.3 Å². The summed E-state index contributed by atoms with van der Waals surface area (Å²) in [5.41, 5.74) is 0. The van der Waals surface area contributed by atoms with Crippen molar-refractivity contribution in [2.45, 2.75) is 113 Å². The van der Waals surface area contributed by atoms with Gasteiger partial charge in [-0.25, -0.2) is 0 Å². The third-order valence-corrected chi connectivity index (χ3v) is 22.1. The van der Waals surface area contributed by atoms with Gasteiger partial charge in [-0.2, -0.15) is 0 Å². The first-order chi connectivity index (χ1) is 10.6. The minimum absolute atomic E-state index is 0.804. The summed E-state index contributed by atoms with van der Waals surface area (Å²) in [6, 6.07) is 0. The molecule has 0 N–H and O–H groups in total. The summed E-state index contributed by atoms with van der Waals surface area (Å²) in [5.74, 6) is 0.804. The van der Waals surface area contributed by atoms with Gasteiger partial charge in [0, 0.05) is 0 Å². The Labute approximate surface area is 146 Å². The van der Waals surface area contributed by atoms with E-state index in [1.807, 2.05) is 3.59 Å². The van der Waals surface area contributed by atoms with Gasteiger partial charge in [0.2, 0.25) is 0 Å². The molecular formula is C21H44Sn. The van der Waals surface area contributed by atoms with Crippen LogP contribution in [0.3, 0.4) is 0 Å². The van der Waals surface area contributed by atoms with E-state index in [4.69, 9.17) is 0 Å². The van der Waals surface area contributed by atoms with Crippen molar-refractivity contribution >= 4 is 18.4 Å². The molecule has 0 bridgehead atoms. The van der Waals surface area contributed by atoms with E-state index < -0.39 is 18.4 Å². The van der Waals surface area contributed by atoms with E-state index in [-0.39, 0.29) is 0 Å². The van der Waals surface area contributed by atoms with Gasteiger partial charge >= 0.3 is 147 Å². The first kappa shape index (κ1) is 22.5. The molecule has 0 nitrogen and oxygen atoms in total. The van der Waals surface area contributed by atoms with Crippen LogP contribution in [0.25, 0.3) is 0 Å². The SMILES string of the molecule is CCCC/C=[C](\C(C)C)[Sn]([CH2]CCC)([CH2]CCC)[CH2]CCC. The standard InChI is InChI=1S/C9H17.3C4H9.Sn/c1-4-5-6-7-8-9(2)3;3*1-3-4-2;/h7,9H,4-6H2,1-3H3;3*1,3-4H2,2H3;. The Balaban J connectivity index is 5.40. The number of hydrogen-bond donors (Lipinski definition) is 0. The first-order valence-corrected chi connectivity index (χ1v) is 17.8. The summed E-state index contributed by atoms with van der Waals surface area (Å²) in [7, 11) is 0. The van der Waals surface area contributed by atoms with E-state index in [0.29, 0.717) is 0 Å². The molecule has 0 fully saturated rings. The Kier molecular flexibility index (Phi) is 14.3. The normalized spacial score (nSPS) is 13.1. The monoisotopic (exact) mass is 416 g/mol. The third kappa shape index (κ3) is 8.41. The van der Waals surface area contributed by atoms with Crippen LogP contribution in [0.2, 0.25) is 13.3 Å². The van der Waals surface area contributed by atoms with Crippen LogP contribution in [0, 0.1) is 5.92 Å². The van der Waals surface area contributed by atoms with Gasteiger partial charge in [0.1, 0.15) is 0 Å². The Hall–Kier alpha value is 0.539. The summed E-state index contributed by atoms with van der Waals surface area (Å²) in [5, 5.41) is 0. The molecule has 0 saturated heterocycles. The molecule has 0 radical (unpaired) electrons. The predicted molar refractivity (Wildman–Crippen MR) is 107 cm³/mol. The van der Waals surface area contributed by atoms with Crippen molar-refractivity contribution in [1.29, 1.82) is 0 Å². The summed E-state index contributed by atoms with van der Waals surface area (Å²) >= 11 is -2.13. The average molecular weight is 415 g/mol. The summed E-state index contributed by atoms with van der Waals surface area (Å²) in [6.45, 7) is 14.4. The van der Waals surface area contributed by atoms with Crippen molar-refractivity contribution in [3.05, 3.63) is 9.67 Å². The molecule has 0 saturated carbocycles. The van der Waals surface area contributed by atoms with Crippen LogP contribution in [0.4, 0.5) is 0 Å². The van der Waals surface area contributed by atoms with Crippen molar-refractivity contribution in [3.8, 4) is 0 Å². The van der Waals surface area contributed by atoms with Gasteiger partial charge in [-0.3, -0.25) is 0 Å². The Bertz CT molecular complexity index is 256. The molecule has 22 heavy (non-hydrogen) atoms. The van der Waals surface area contributed by atoms with Gasteiger partial charge in [0.05, 0.1) is 0 Å². The molecule has 0 atom stereocenters. The summed E-state index contributed by atoms with van der Waals surface area (Å²) in [4.78, 5) is 0. The van der Waals surface area contributed by atoms with Crippen LogP contribution >= 0.6 is 0 Å². The maximum absolute atomic E-state index is 2.74. The predicted octanol–water partition coefficient (Wildman–Crippen LogP) is 8.15. The third-order valence-electron chi connectivity index (χ3n) is 5.18. The van der Waals surface area contributed by atoms with Crippen molar-refractivity contribution < 1.29 is 0 Å². The fraction of sp³-hybridized carbons (Fsp3) is 0.905. The molecule has 0 amide bonds. The second-order valence-electron chi connectivity index (χ2n) is 7.55. The van der Waals surface area contributed by atoms with Gasteiger partial charge in [0.15, 0.2) is 0 Å². The van der Waals surface area contributed by atoms with Crippen molar-refractivity contribution in [2.24, 2.45) is 5.92 Å². The van der Waals surface area contributed by atoms with Gasteiger partial charge < -0.3 is 0 Å². The molecule has 0 aliphatic rings. The van der Waals surface area contributed by atoms with E-state index in [1.54, 1.807) is 13.3 Å². The van der Waals surface area contributed by atoms with E-state index in [9.17, 15) is 0 Å². The summed E-state index contributed by atoms with van der Waals surface area (Å²) in [6.07, 6.45) is 15.4. The fourth-order valence-corrected chi connectivity index (χ4v) is 22.5. The number of rotatable bonds is 14. The molecule has 0 aromatic rings. The number of allylic oxidation sites excluding steroid dienone is 2. The molecule has 0 rings (SSSR count). The van der Waals surface area contributed by atoms with Gasteiger partial charge in [-0.1, -0.05) is 0 Å². The molecule has 0 aliphatic heterocycles. The first-order valence-electron chi connectivity index (χ1n) is 10.3. The molecule has 0 aromatic carbocycles. The zero-order valence-corrected chi connectivity index (χ0v) is 19.5. The zero-order chi connectivity index (χ0) is 16.8.